The largest absolute Gasteiger partial charge is 0.465 e. The van der Waals surface area contributed by atoms with Gasteiger partial charge in [-0.3, -0.25) is 4.79 Å². The average Bonchev–Trinajstić information content (AvgIpc) is 3.42. The minimum atomic E-state index is -0.818. The fraction of sp³-hybridized carbons (Fsp3) is 0.424. The van der Waals surface area contributed by atoms with Gasteiger partial charge in [0.15, 0.2) is 5.65 Å². The molecule has 0 bridgehead atoms. The number of piperidine rings is 1. The van der Waals surface area contributed by atoms with Crippen molar-refractivity contribution in [3.63, 3.8) is 0 Å². The minimum absolute atomic E-state index is 0. The maximum absolute atomic E-state index is 12.4. The number of ether oxygens (including phenoxy) is 2. The van der Waals surface area contributed by atoms with E-state index in [2.05, 4.69) is 70.5 Å². The molecule has 0 radical (unpaired) electrons. The van der Waals surface area contributed by atoms with E-state index < -0.39 is 5.41 Å². The molecule has 5 rings (SSSR count). The highest BCUT2D eigenvalue weighted by atomic mass is 35.5. The van der Waals surface area contributed by atoms with Gasteiger partial charge >= 0.3 is 5.97 Å². The molecule has 1 aliphatic rings. The molecule has 0 unspecified atom stereocenters. The molecule has 2 aromatic heterocycles. The van der Waals surface area contributed by atoms with Gasteiger partial charge in [0.2, 0.25) is 0 Å². The Morgan fingerprint density at radius 2 is 1.57 bits per heavy atom. The maximum Gasteiger partial charge on any atom is 0.317 e. The summed E-state index contributed by atoms with van der Waals surface area (Å²) >= 11 is 0. The normalized spacial score (nSPS) is 14.4. The summed E-state index contributed by atoms with van der Waals surface area (Å²) in [6.45, 7) is 8.97. The van der Waals surface area contributed by atoms with Crippen LogP contribution in [0.15, 0.2) is 79.0 Å². The van der Waals surface area contributed by atoms with Crippen LogP contribution >= 0.6 is 24.8 Å². The molecule has 4 aromatic rings. The first-order valence-electron chi connectivity index (χ1n) is 14.4. The SMILES string of the molecule is CCOC(=O)C(C)(C)c1cn2nc(CCCN3CCC(OC(c4ccccc4)c4ccccc4)CC3)ccc2n1.Cl.Cl. The standard InChI is InChI=1S/C33H40N4O3.2ClH/c1-4-39-32(38)33(2,3)29-24-37-30(34-29)18-17-27(35-37)16-11-21-36-22-19-28(20-23-36)40-31(25-12-7-5-8-13-25)26-14-9-6-10-15-26;;/h5-10,12-15,17-18,24,28,31H,4,11,16,19-23H2,1-3H3;2*1H. The van der Waals surface area contributed by atoms with E-state index in [4.69, 9.17) is 14.6 Å². The highest BCUT2D eigenvalue weighted by molar-refractivity contribution is 5.85. The highest BCUT2D eigenvalue weighted by Gasteiger charge is 2.34. The zero-order valence-corrected chi connectivity index (χ0v) is 26.3. The maximum atomic E-state index is 12.4. The van der Waals surface area contributed by atoms with Gasteiger partial charge in [0.25, 0.3) is 0 Å². The van der Waals surface area contributed by atoms with Crippen LogP contribution in [0, 0.1) is 0 Å². The number of likely N-dealkylation sites (tertiary alicyclic amines) is 1. The van der Waals surface area contributed by atoms with Crippen LogP contribution in [0.5, 0.6) is 0 Å². The molecule has 0 amide bonds. The lowest BCUT2D eigenvalue weighted by Crippen LogP contribution is -2.38. The zero-order chi connectivity index (χ0) is 28.0. The van der Waals surface area contributed by atoms with E-state index in [1.165, 1.54) is 11.1 Å². The predicted molar refractivity (Wildman–Crippen MR) is 171 cm³/mol. The van der Waals surface area contributed by atoms with E-state index in [0.29, 0.717) is 12.3 Å². The fourth-order valence-electron chi connectivity index (χ4n) is 5.32. The molecule has 1 aliphatic heterocycles. The molecule has 0 saturated carbocycles. The molecular weight excluding hydrogens is 571 g/mol. The van der Waals surface area contributed by atoms with Crippen molar-refractivity contribution in [2.45, 2.75) is 64.1 Å². The molecule has 7 nitrogen and oxygen atoms in total. The number of imidazole rings is 1. The second kappa shape index (κ2) is 15.5. The van der Waals surface area contributed by atoms with E-state index in [0.717, 1.165) is 56.7 Å². The topological polar surface area (TPSA) is 69.0 Å². The Hall–Kier alpha value is -2.97. The van der Waals surface area contributed by atoms with Gasteiger partial charge in [-0.25, -0.2) is 9.50 Å². The summed E-state index contributed by atoms with van der Waals surface area (Å²) in [7, 11) is 0. The average molecular weight is 614 g/mol. The van der Waals surface area contributed by atoms with Crippen molar-refractivity contribution in [1.29, 1.82) is 0 Å². The number of carbonyl (C=O) groups is 1. The number of rotatable bonds is 11. The molecule has 0 spiro atoms. The van der Waals surface area contributed by atoms with Gasteiger partial charge in [-0.15, -0.1) is 24.8 Å². The van der Waals surface area contributed by atoms with E-state index in [9.17, 15) is 4.79 Å². The molecule has 2 aromatic carbocycles. The number of aromatic nitrogens is 3. The van der Waals surface area contributed by atoms with Gasteiger partial charge in [0.1, 0.15) is 11.5 Å². The van der Waals surface area contributed by atoms with Crippen molar-refractivity contribution in [3.05, 3.63) is 102 Å². The Morgan fingerprint density at radius 1 is 0.952 bits per heavy atom. The molecule has 3 heterocycles. The number of benzene rings is 2. The molecule has 42 heavy (non-hydrogen) atoms. The van der Waals surface area contributed by atoms with Gasteiger partial charge in [0, 0.05) is 13.1 Å². The molecular formula is C33H42Cl2N4O3. The molecule has 0 atom stereocenters. The van der Waals surface area contributed by atoms with Crippen LogP contribution < -0.4 is 0 Å². The summed E-state index contributed by atoms with van der Waals surface area (Å²) in [4.78, 5) is 19.6. The Labute approximate surface area is 261 Å². The summed E-state index contributed by atoms with van der Waals surface area (Å²) < 4.78 is 13.7. The number of hydrogen-bond donors (Lipinski definition) is 0. The first-order valence-corrected chi connectivity index (χ1v) is 14.4. The minimum Gasteiger partial charge on any atom is -0.465 e. The number of halogens is 2. The number of aryl methyl sites for hydroxylation is 1. The highest BCUT2D eigenvalue weighted by Crippen LogP contribution is 2.30. The van der Waals surface area contributed by atoms with Crippen LogP contribution in [-0.4, -0.2) is 57.8 Å². The summed E-state index contributed by atoms with van der Waals surface area (Å²) in [6.07, 6.45) is 6.06. The fourth-order valence-corrected chi connectivity index (χ4v) is 5.32. The van der Waals surface area contributed by atoms with Crippen LogP contribution in [0.1, 0.15) is 68.7 Å². The number of carbonyl (C=O) groups excluding carboxylic acids is 1. The van der Waals surface area contributed by atoms with E-state index in [1.807, 2.05) is 39.1 Å². The molecule has 0 N–H and O–H groups in total. The molecule has 226 valence electrons. The van der Waals surface area contributed by atoms with Crippen molar-refractivity contribution in [2.24, 2.45) is 0 Å². The van der Waals surface area contributed by atoms with Crippen LogP contribution in [0.4, 0.5) is 0 Å². The van der Waals surface area contributed by atoms with Crippen LogP contribution in [0.3, 0.4) is 0 Å². The number of nitrogens with zero attached hydrogens (tertiary/aromatic N) is 4. The van der Waals surface area contributed by atoms with E-state index in [-0.39, 0.29) is 43.0 Å². The van der Waals surface area contributed by atoms with Crippen LogP contribution in [-0.2, 0) is 26.1 Å². The summed E-state index contributed by atoms with van der Waals surface area (Å²) in [5, 5.41) is 4.76. The third kappa shape index (κ3) is 8.10. The van der Waals surface area contributed by atoms with E-state index >= 15 is 0 Å². The smallest absolute Gasteiger partial charge is 0.317 e. The van der Waals surface area contributed by atoms with Gasteiger partial charge < -0.3 is 14.4 Å². The Morgan fingerprint density at radius 3 is 2.17 bits per heavy atom. The van der Waals surface area contributed by atoms with Crippen molar-refractivity contribution in [1.82, 2.24) is 19.5 Å². The number of hydrogen-bond acceptors (Lipinski definition) is 6. The molecule has 1 fully saturated rings. The summed E-state index contributed by atoms with van der Waals surface area (Å²) in [5.74, 6) is -0.275. The Kier molecular flexibility index (Phi) is 12.4. The van der Waals surface area contributed by atoms with Crippen LogP contribution in [0.25, 0.3) is 5.65 Å². The quantitative estimate of drug-likeness (QED) is 0.177. The second-order valence-corrected chi connectivity index (χ2v) is 11.1. The zero-order valence-electron chi connectivity index (χ0n) is 24.6. The van der Waals surface area contributed by atoms with Crippen molar-refractivity contribution in [2.75, 3.05) is 26.2 Å². The summed E-state index contributed by atoms with van der Waals surface area (Å²) in [6, 6.07) is 25.1. The van der Waals surface area contributed by atoms with Gasteiger partial charge in [-0.05, 0) is 76.3 Å². The monoisotopic (exact) mass is 612 g/mol. The lowest BCUT2D eigenvalue weighted by atomic mass is 9.90. The number of esters is 1. The Balaban J connectivity index is 0.00000242. The summed E-state index contributed by atoms with van der Waals surface area (Å²) in [5.41, 5.74) is 4.02. The first kappa shape index (κ1) is 33.5. The lowest BCUT2D eigenvalue weighted by Gasteiger charge is -2.34. The third-order valence-corrected chi connectivity index (χ3v) is 7.78. The Bertz CT molecular complexity index is 1350. The number of fused-ring (bicyclic) bond motifs is 1. The first-order chi connectivity index (χ1) is 19.4. The molecule has 1 saturated heterocycles. The van der Waals surface area contributed by atoms with Crippen LogP contribution in [0.2, 0.25) is 0 Å². The van der Waals surface area contributed by atoms with Gasteiger partial charge in [0.05, 0.1) is 30.3 Å². The molecule has 9 heteroatoms. The van der Waals surface area contributed by atoms with Crippen molar-refractivity contribution < 1.29 is 14.3 Å². The van der Waals surface area contributed by atoms with Crippen molar-refractivity contribution in [3.8, 4) is 0 Å². The second-order valence-electron chi connectivity index (χ2n) is 11.1. The third-order valence-electron chi connectivity index (χ3n) is 7.78. The predicted octanol–water partition coefficient (Wildman–Crippen LogP) is 6.62. The van der Waals surface area contributed by atoms with Crippen molar-refractivity contribution >= 4 is 36.4 Å². The molecule has 0 aliphatic carbocycles. The van der Waals surface area contributed by atoms with Gasteiger partial charge in [-0.1, -0.05) is 60.7 Å². The van der Waals surface area contributed by atoms with Gasteiger partial charge in [-0.2, -0.15) is 5.10 Å². The van der Waals surface area contributed by atoms with E-state index in [1.54, 1.807) is 4.52 Å². The lowest BCUT2D eigenvalue weighted by molar-refractivity contribution is -0.148.